The van der Waals surface area contributed by atoms with Gasteiger partial charge in [-0.15, -0.1) is 0 Å². The van der Waals surface area contributed by atoms with Crippen molar-refractivity contribution in [3.63, 3.8) is 0 Å². The molecular weight excluding hydrogens is 390 g/mol. The largest absolute Gasteiger partial charge is 0.497 e. The first kappa shape index (κ1) is 20.0. The average molecular weight is 411 g/mol. The summed E-state index contributed by atoms with van der Waals surface area (Å²) in [5.74, 6) is -0.164. The minimum absolute atomic E-state index is 0.134. The minimum Gasteiger partial charge on any atom is -0.497 e. The van der Waals surface area contributed by atoms with Gasteiger partial charge in [-0.1, -0.05) is 36.4 Å². The summed E-state index contributed by atoms with van der Waals surface area (Å²) in [4.78, 5) is 29.0. The Balaban J connectivity index is 1.66. The molecule has 1 aromatic heterocycles. The zero-order valence-corrected chi connectivity index (χ0v) is 16.9. The number of rotatable bonds is 6. The molecule has 0 aliphatic rings. The number of carbonyl (C=O) groups is 2. The molecule has 31 heavy (non-hydrogen) atoms. The Hall–Kier alpha value is -4.32. The van der Waals surface area contributed by atoms with Crippen molar-refractivity contribution in [2.24, 2.45) is 0 Å². The summed E-state index contributed by atoms with van der Waals surface area (Å²) in [5.41, 5.74) is 2.92. The number of amides is 2. The van der Waals surface area contributed by atoms with Crippen LogP contribution in [0.2, 0.25) is 0 Å². The van der Waals surface area contributed by atoms with E-state index < -0.39 is 11.8 Å². The lowest BCUT2D eigenvalue weighted by atomic mass is 10.1. The van der Waals surface area contributed by atoms with Gasteiger partial charge in [0.05, 0.1) is 7.11 Å². The van der Waals surface area contributed by atoms with E-state index in [2.05, 4.69) is 15.6 Å². The van der Waals surface area contributed by atoms with E-state index in [4.69, 9.17) is 4.74 Å². The van der Waals surface area contributed by atoms with Gasteiger partial charge in [0.2, 0.25) is 0 Å². The second-order valence-corrected chi connectivity index (χ2v) is 6.85. The number of fused-ring (bicyclic) bond motifs is 1. The number of hydrogen-bond donors (Lipinski definition) is 3. The van der Waals surface area contributed by atoms with Crippen LogP contribution in [0.5, 0.6) is 5.75 Å². The number of para-hydroxylation sites is 2. The van der Waals surface area contributed by atoms with Crippen molar-refractivity contribution in [3.05, 3.63) is 102 Å². The van der Waals surface area contributed by atoms with E-state index in [9.17, 15) is 9.59 Å². The maximum absolute atomic E-state index is 13.0. The highest BCUT2D eigenvalue weighted by Crippen LogP contribution is 2.21. The molecule has 0 atom stereocenters. The van der Waals surface area contributed by atoms with Crippen molar-refractivity contribution in [1.29, 1.82) is 0 Å². The van der Waals surface area contributed by atoms with Crippen molar-refractivity contribution < 1.29 is 14.3 Å². The van der Waals surface area contributed by atoms with Crippen LogP contribution in [0.4, 0.5) is 5.69 Å². The predicted octanol–water partition coefficient (Wildman–Crippen LogP) is 4.59. The van der Waals surface area contributed by atoms with Gasteiger partial charge < -0.3 is 20.4 Å². The van der Waals surface area contributed by atoms with E-state index in [0.717, 1.165) is 16.5 Å². The van der Waals surface area contributed by atoms with Crippen molar-refractivity contribution >= 4 is 34.5 Å². The second-order valence-electron chi connectivity index (χ2n) is 6.85. The van der Waals surface area contributed by atoms with Crippen LogP contribution < -0.4 is 15.4 Å². The van der Waals surface area contributed by atoms with E-state index in [1.165, 1.54) is 0 Å². The number of hydrogen-bond acceptors (Lipinski definition) is 3. The number of aromatic nitrogens is 1. The molecule has 2 amide bonds. The van der Waals surface area contributed by atoms with Crippen LogP contribution in [0.1, 0.15) is 15.9 Å². The number of carbonyl (C=O) groups excluding carboxylic acids is 2. The quantitative estimate of drug-likeness (QED) is 0.406. The maximum Gasteiger partial charge on any atom is 0.272 e. The van der Waals surface area contributed by atoms with Gasteiger partial charge in [-0.05, 0) is 48.5 Å². The van der Waals surface area contributed by atoms with Gasteiger partial charge in [0.1, 0.15) is 11.4 Å². The van der Waals surface area contributed by atoms with E-state index in [1.54, 1.807) is 55.8 Å². The van der Waals surface area contributed by atoms with Crippen LogP contribution >= 0.6 is 0 Å². The third kappa shape index (κ3) is 4.64. The van der Waals surface area contributed by atoms with Crippen LogP contribution in [0.25, 0.3) is 17.0 Å². The average Bonchev–Trinajstić information content (AvgIpc) is 3.22. The Morgan fingerprint density at radius 1 is 0.903 bits per heavy atom. The number of benzene rings is 3. The molecule has 6 nitrogen and oxygen atoms in total. The Kier molecular flexibility index (Phi) is 5.80. The van der Waals surface area contributed by atoms with Crippen LogP contribution in [0.15, 0.2) is 90.8 Å². The third-order valence-electron chi connectivity index (χ3n) is 4.80. The molecule has 0 saturated carbocycles. The molecule has 3 aromatic carbocycles. The number of nitrogens with one attached hydrogen (secondary N) is 3. The number of H-pyrrole nitrogens is 1. The summed E-state index contributed by atoms with van der Waals surface area (Å²) < 4.78 is 5.13. The van der Waals surface area contributed by atoms with E-state index in [0.29, 0.717) is 17.0 Å². The van der Waals surface area contributed by atoms with Crippen molar-refractivity contribution in [2.45, 2.75) is 0 Å². The molecule has 154 valence electrons. The molecule has 0 fully saturated rings. The summed E-state index contributed by atoms with van der Waals surface area (Å²) in [5, 5.41) is 6.52. The van der Waals surface area contributed by atoms with Gasteiger partial charge in [0.15, 0.2) is 0 Å². The molecule has 4 rings (SSSR count). The molecule has 0 saturated heterocycles. The minimum atomic E-state index is -0.418. The van der Waals surface area contributed by atoms with Gasteiger partial charge in [-0.2, -0.15) is 0 Å². The highest BCUT2D eigenvalue weighted by atomic mass is 16.5. The van der Waals surface area contributed by atoms with Crippen molar-refractivity contribution in [3.8, 4) is 5.75 Å². The number of methoxy groups -OCH3 is 1. The van der Waals surface area contributed by atoms with E-state index in [1.807, 2.05) is 42.5 Å². The molecule has 0 spiro atoms. The topological polar surface area (TPSA) is 83.2 Å². The first-order valence-corrected chi connectivity index (χ1v) is 9.73. The van der Waals surface area contributed by atoms with Crippen molar-refractivity contribution in [1.82, 2.24) is 10.3 Å². The predicted molar refractivity (Wildman–Crippen MR) is 122 cm³/mol. The lowest BCUT2D eigenvalue weighted by molar-refractivity contribution is -0.113. The number of ether oxygens (including phenoxy) is 1. The van der Waals surface area contributed by atoms with Crippen LogP contribution in [0, 0.1) is 0 Å². The lowest BCUT2D eigenvalue weighted by Crippen LogP contribution is -2.30. The van der Waals surface area contributed by atoms with Gasteiger partial charge >= 0.3 is 0 Å². The fraction of sp³-hybridized carbons (Fsp3) is 0.0400. The van der Waals surface area contributed by atoms with Gasteiger partial charge in [0.25, 0.3) is 11.8 Å². The number of aromatic amines is 1. The summed E-state index contributed by atoms with van der Waals surface area (Å²) in [6.45, 7) is 0. The van der Waals surface area contributed by atoms with Gasteiger partial charge in [-0.25, -0.2) is 0 Å². The van der Waals surface area contributed by atoms with Gasteiger partial charge in [0, 0.05) is 33.9 Å². The van der Waals surface area contributed by atoms with Crippen molar-refractivity contribution in [2.75, 3.05) is 12.4 Å². The first-order chi connectivity index (χ1) is 15.1. The molecule has 4 aromatic rings. The maximum atomic E-state index is 13.0. The highest BCUT2D eigenvalue weighted by molar-refractivity contribution is 6.11. The van der Waals surface area contributed by atoms with Crippen LogP contribution in [-0.2, 0) is 4.79 Å². The Morgan fingerprint density at radius 3 is 2.35 bits per heavy atom. The monoisotopic (exact) mass is 411 g/mol. The molecule has 0 bridgehead atoms. The molecule has 0 aliphatic carbocycles. The fourth-order valence-corrected chi connectivity index (χ4v) is 3.18. The molecule has 3 N–H and O–H groups in total. The highest BCUT2D eigenvalue weighted by Gasteiger charge is 2.16. The Labute approximate surface area is 179 Å². The number of anilines is 1. The van der Waals surface area contributed by atoms with E-state index in [-0.39, 0.29) is 5.70 Å². The summed E-state index contributed by atoms with van der Waals surface area (Å²) in [7, 11) is 1.56. The van der Waals surface area contributed by atoms with Crippen LogP contribution in [0.3, 0.4) is 0 Å². The summed E-state index contributed by atoms with van der Waals surface area (Å²) in [6, 6.07) is 23.5. The molecular formula is C25H21N3O3. The molecule has 1 heterocycles. The summed E-state index contributed by atoms with van der Waals surface area (Å²) in [6.07, 6.45) is 3.47. The Bertz CT molecular complexity index is 1240. The summed E-state index contributed by atoms with van der Waals surface area (Å²) >= 11 is 0. The smallest absolute Gasteiger partial charge is 0.272 e. The zero-order valence-electron chi connectivity index (χ0n) is 16.9. The molecule has 0 radical (unpaired) electrons. The van der Waals surface area contributed by atoms with E-state index >= 15 is 0 Å². The SMILES string of the molecule is COc1ccc(C(=O)NC(=Cc2c[nH]c3ccccc23)C(=O)Nc2ccccc2)cc1. The van der Waals surface area contributed by atoms with Gasteiger partial charge in [-0.3, -0.25) is 9.59 Å². The Morgan fingerprint density at radius 2 is 1.61 bits per heavy atom. The normalized spacial score (nSPS) is 11.2. The lowest BCUT2D eigenvalue weighted by Gasteiger charge is -2.11. The first-order valence-electron chi connectivity index (χ1n) is 9.73. The molecule has 0 unspecified atom stereocenters. The second kappa shape index (κ2) is 9.00. The molecule has 6 heteroatoms. The fourth-order valence-electron chi connectivity index (χ4n) is 3.18. The molecule has 0 aliphatic heterocycles. The third-order valence-corrected chi connectivity index (χ3v) is 4.80. The van der Waals surface area contributed by atoms with Crippen LogP contribution in [-0.4, -0.2) is 23.9 Å². The standard InChI is InChI=1S/C25H21N3O3/c1-31-20-13-11-17(12-14-20)24(29)28-23(25(30)27-19-7-3-2-4-8-19)15-18-16-26-22-10-6-5-9-21(18)22/h2-16,26H,1H3,(H,27,30)(H,28,29). The zero-order chi connectivity index (χ0) is 21.6.